The third-order valence-corrected chi connectivity index (χ3v) is 4.69. The highest BCUT2D eigenvalue weighted by Crippen LogP contribution is 2.26. The molecule has 0 saturated heterocycles. The van der Waals surface area contributed by atoms with Crippen molar-refractivity contribution < 1.29 is 23.8 Å². The number of furan rings is 1. The first-order valence-electron chi connectivity index (χ1n) is 9.39. The molecule has 1 amide bonds. The summed E-state index contributed by atoms with van der Waals surface area (Å²) in [6.45, 7) is 0. The second-order valence-corrected chi connectivity index (χ2v) is 6.65. The number of amides is 1. The SMILES string of the molecule is COC(=O)c1ccccc1-c1ccc(C=NNC(=O)c2cc3ccccc3cc2O)o1. The van der Waals surface area contributed by atoms with Crippen LogP contribution >= 0.6 is 0 Å². The molecule has 0 radical (unpaired) electrons. The zero-order valence-corrected chi connectivity index (χ0v) is 16.5. The molecule has 7 nitrogen and oxygen atoms in total. The van der Waals surface area contributed by atoms with Crippen LogP contribution in [0.2, 0.25) is 0 Å². The molecule has 0 fully saturated rings. The maximum absolute atomic E-state index is 12.4. The summed E-state index contributed by atoms with van der Waals surface area (Å²) < 4.78 is 10.5. The number of carbonyl (C=O) groups excluding carboxylic acids is 2. The van der Waals surface area contributed by atoms with E-state index in [4.69, 9.17) is 9.15 Å². The maximum Gasteiger partial charge on any atom is 0.338 e. The summed E-state index contributed by atoms with van der Waals surface area (Å²) in [4.78, 5) is 24.4. The van der Waals surface area contributed by atoms with E-state index in [1.807, 2.05) is 24.3 Å². The number of rotatable bonds is 5. The number of hydrazone groups is 1. The van der Waals surface area contributed by atoms with Gasteiger partial charge in [0.2, 0.25) is 0 Å². The number of carbonyl (C=O) groups is 2. The first-order chi connectivity index (χ1) is 15.1. The van der Waals surface area contributed by atoms with Crippen LogP contribution in [-0.2, 0) is 4.74 Å². The second kappa shape index (κ2) is 8.54. The number of fused-ring (bicyclic) bond motifs is 1. The Labute approximate surface area is 177 Å². The average molecular weight is 414 g/mol. The van der Waals surface area contributed by atoms with E-state index in [0.717, 1.165) is 10.8 Å². The Bertz CT molecular complexity index is 1310. The molecule has 0 spiro atoms. The number of hydrogen-bond donors (Lipinski definition) is 2. The molecule has 154 valence electrons. The fourth-order valence-electron chi connectivity index (χ4n) is 3.18. The van der Waals surface area contributed by atoms with Gasteiger partial charge < -0.3 is 14.3 Å². The van der Waals surface area contributed by atoms with Gasteiger partial charge in [0.15, 0.2) is 0 Å². The van der Waals surface area contributed by atoms with Crippen molar-refractivity contribution in [2.24, 2.45) is 5.10 Å². The third-order valence-electron chi connectivity index (χ3n) is 4.69. The van der Waals surface area contributed by atoms with E-state index in [2.05, 4.69) is 10.5 Å². The Hall–Kier alpha value is -4.39. The van der Waals surface area contributed by atoms with E-state index in [9.17, 15) is 14.7 Å². The summed E-state index contributed by atoms with van der Waals surface area (Å²) in [5.41, 5.74) is 3.45. The number of hydrogen-bond acceptors (Lipinski definition) is 6. The lowest BCUT2D eigenvalue weighted by molar-refractivity contribution is 0.0601. The van der Waals surface area contributed by atoms with Crippen LogP contribution in [0.15, 0.2) is 82.3 Å². The quantitative estimate of drug-likeness (QED) is 0.287. The van der Waals surface area contributed by atoms with Gasteiger partial charge in [-0.15, -0.1) is 0 Å². The van der Waals surface area contributed by atoms with Crippen molar-refractivity contribution in [3.8, 4) is 17.1 Å². The van der Waals surface area contributed by atoms with Gasteiger partial charge in [0.05, 0.1) is 24.5 Å². The van der Waals surface area contributed by atoms with E-state index in [-0.39, 0.29) is 11.3 Å². The van der Waals surface area contributed by atoms with E-state index < -0.39 is 11.9 Å². The van der Waals surface area contributed by atoms with Crippen LogP contribution in [0, 0.1) is 0 Å². The van der Waals surface area contributed by atoms with Crippen molar-refractivity contribution in [3.63, 3.8) is 0 Å². The number of ether oxygens (including phenoxy) is 1. The summed E-state index contributed by atoms with van der Waals surface area (Å²) in [6, 6.07) is 20.8. The molecule has 31 heavy (non-hydrogen) atoms. The molecule has 0 unspecified atom stereocenters. The number of benzene rings is 3. The molecule has 7 heteroatoms. The van der Waals surface area contributed by atoms with E-state index in [1.165, 1.54) is 19.4 Å². The highest BCUT2D eigenvalue weighted by molar-refractivity contribution is 6.01. The Kier molecular flexibility index (Phi) is 5.49. The molecular weight excluding hydrogens is 396 g/mol. The molecule has 0 aliphatic rings. The molecule has 3 aromatic carbocycles. The summed E-state index contributed by atoms with van der Waals surface area (Å²) in [7, 11) is 1.31. The van der Waals surface area contributed by atoms with Gasteiger partial charge in [-0.05, 0) is 41.1 Å². The minimum Gasteiger partial charge on any atom is -0.507 e. The van der Waals surface area contributed by atoms with Crippen LogP contribution in [-0.4, -0.2) is 30.3 Å². The van der Waals surface area contributed by atoms with Gasteiger partial charge in [0.1, 0.15) is 17.3 Å². The third kappa shape index (κ3) is 4.16. The molecule has 1 heterocycles. The average Bonchev–Trinajstić information content (AvgIpc) is 3.26. The fourth-order valence-corrected chi connectivity index (χ4v) is 3.18. The lowest BCUT2D eigenvalue weighted by Gasteiger charge is -2.05. The minimum atomic E-state index is -0.553. The van der Waals surface area contributed by atoms with Gasteiger partial charge in [0.25, 0.3) is 5.91 Å². The molecule has 0 aliphatic carbocycles. The van der Waals surface area contributed by atoms with Crippen molar-refractivity contribution in [3.05, 3.63) is 89.7 Å². The van der Waals surface area contributed by atoms with Crippen molar-refractivity contribution >= 4 is 28.9 Å². The topological polar surface area (TPSA) is 101 Å². The van der Waals surface area contributed by atoms with Crippen LogP contribution in [0.5, 0.6) is 5.75 Å². The fraction of sp³-hybridized carbons (Fsp3) is 0.0417. The summed E-state index contributed by atoms with van der Waals surface area (Å²) in [6.07, 6.45) is 1.33. The Balaban J connectivity index is 1.50. The van der Waals surface area contributed by atoms with E-state index in [1.54, 1.807) is 42.5 Å². The van der Waals surface area contributed by atoms with E-state index >= 15 is 0 Å². The zero-order valence-electron chi connectivity index (χ0n) is 16.5. The minimum absolute atomic E-state index is 0.114. The van der Waals surface area contributed by atoms with Gasteiger partial charge in [-0.25, -0.2) is 10.2 Å². The second-order valence-electron chi connectivity index (χ2n) is 6.65. The lowest BCUT2D eigenvalue weighted by atomic mass is 10.1. The Morgan fingerprint density at radius 2 is 1.68 bits per heavy atom. The number of phenolic OH excluding ortho intramolecular Hbond substituents is 1. The number of nitrogens with zero attached hydrogens (tertiary/aromatic N) is 1. The van der Waals surface area contributed by atoms with Crippen molar-refractivity contribution in [1.29, 1.82) is 0 Å². The standard InChI is InChI=1S/C24H18N2O5/c1-30-24(29)19-9-5-4-8-18(19)22-11-10-17(31-22)14-25-26-23(28)20-12-15-6-2-3-7-16(15)13-21(20)27/h2-14,27H,1H3,(H,26,28). The maximum atomic E-state index is 12.4. The lowest BCUT2D eigenvalue weighted by Crippen LogP contribution is -2.17. The number of methoxy groups -OCH3 is 1. The van der Waals surface area contributed by atoms with Crippen LogP contribution in [0.4, 0.5) is 0 Å². The van der Waals surface area contributed by atoms with Crippen LogP contribution < -0.4 is 5.43 Å². The van der Waals surface area contributed by atoms with Crippen molar-refractivity contribution in [1.82, 2.24) is 5.43 Å². The summed E-state index contributed by atoms with van der Waals surface area (Å²) >= 11 is 0. The number of nitrogens with one attached hydrogen (secondary N) is 1. The number of aromatic hydroxyl groups is 1. The van der Waals surface area contributed by atoms with Gasteiger partial charge >= 0.3 is 5.97 Å². The largest absolute Gasteiger partial charge is 0.507 e. The molecule has 0 saturated carbocycles. The molecule has 2 N–H and O–H groups in total. The molecule has 1 aromatic heterocycles. The Morgan fingerprint density at radius 1 is 0.968 bits per heavy atom. The zero-order chi connectivity index (χ0) is 21.8. The van der Waals surface area contributed by atoms with Crippen LogP contribution in [0.1, 0.15) is 26.5 Å². The van der Waals surface area contributed by atoms with Gasteiger partial charge in [-0.2, -0.15) is 5.10 Å². The van der Waals surface area contributed by atoms with Gasteiger partial charge in [-0.1, -0.05) is 42.5 Å². The Morgan fingerprint density at radius 3 is 2.45 bits per heavy atom. The van der Waals surface area contributed by atoms with Gasteiger partial charge in [0, 0.05) is 5.56 Å². The molecule has 0 bridgehead atoms. The molecule has 0 aliphatic heterocycles. The predicted molar refractivity (Wildman–Crippen MR) is 116 cm³/mol. The number of esters is 1. The highest BCUT2D eigenvalue weighted by atomic mass is 16.5. The summed E-state index contributed by atoms with van der Waals surface area (Å²) in [5, 5.41) is 15.7. The monoisotopic (exact) mass is 414 g/mol. The van der Waals surface area contributed by atoms with Crippen LogP contribution in [0.25, 0.3) is 22.1 Å². The molecule has 4 aromatic rings. The van der Waals surface area contributed by atoms with Crippen molar-refractivity contribution in [2.75, 3.05) is 7.11 Å². The molecule has 4 rings (SSSR count). The highest BCUT2D eigenvalue weighted by Gasteiger charge is 2.15. The summed E-state index contributed by atoms with van der Waals surface area (Å²) in [5.74, 6) is -0.322. The normalized spacial score (nSPS) is 11.0. The first kappa shape index (κ1) is 19.9. The van der Waals surface area contributed by atoms with Crippen molar-refractivity contribution in [2.45, 2.75) is 0 Å². The smallest absolute Gasteiger partial charge is 0.338 e. The van der Waals surface area contributed by atoms with Gasteiger partial charge in [-0.3, -0.25) is 4.79 Å². The first-order valence-corrected chi connectivity index (χ1v) is 9.39. The van der Waals surface area contributed by atoms with E-state index in [0.29, 0.717) is 22.6 Å². The van der Waals surface area contributed by atoms with Crippen LogP contribution in [0.3, 0.4) is 0 Å². The molecular formula is C24H18N2O5. The predicted octanol–water partition coefficient (Wildman–Crippen LogP) is 4.36. The molecule has 0 atom stereocenters. The number of phenols is 1.